The van der Waals surface area contributed by atoms with Gasteiger partial charge in [-0.2, -0.15) is 0 Å². The summed E-state index contributed by atoms with van der Waals surface area (Å²) in [6.07, 6.45) is -4.80. The molecule has 0 bridgehead atoms. The molecule has 4 nitrogen and oxygen atoms in total. The van der Waals surface area contributed by atoms with Crippen LogP contribution in [-0.4, -0.2) is 43.6 Å². The number of methoxy groups -OCH3 is 1. The summed E-state index contributed by atoms with van der Waals surface area (Å²) >= 11 is 0. The molecule has 1 N–H and O–H groups in total. The molecule has 0 amide bonds. The number of hydrogen-bond donors (Lipinski definition) is 1. The number of rotatable bonds is 5. The van der Waals surface area contributed by atoms with Gasteiger partial charge in [0.15, 0.2) is 11.6 Å². The third kappa shape index (κ3) is 3.54. The lowest BCUT2D eigenvalue weighted by Gasteiger charge is -2.56. The molecule has 1 heterocycles. The van der Waals surface area contributed by atoms with Crippen LogP contribution >= 0.6 is 0 Å². The minimum absolute atomic E-state index is 0.0239. The molecular formula is C20H21F4NO3. The van der Waals surface area contributed by atoms with Crippen molar-refractivity contribution in [2.75, 3.05) is 27.2 Å². The molecule has 1 aliphatic rings. The fourth-order valence-electron chi connectivity index (χ4n) is 4.02. The summed E-state index contributed by atoms with van der Waals surface area (Å²) in [5.74, 6) is -0.978. The minimum Gasteiger partial charge on any atom is -0.494 e. The van der Waals surface area contributed by atoms with Gasteiger partial charge in [0.1, 0.15) is 11.4 Å². The lowest BCUT2D eigenvalue weighted by molar-refractivity contribution is -0.274. The Morgan fingerprint density at radius 3 is 2.11 bits per heavy atom. The van der Waals surface area contributed by atoms with Crippen molar-refractivity contribution in [2.45, 2.75) is 18.9 Å². The van der Waals surface area contributed by atoms with E-state index in [2.05, 4.69) is 4.74 Å². The molecule has 152 valence electrons. The summed E-state index contributed by atoms with van der Waals surface area (Å²) in [4.78, 5) is 2.01. The summed E-state index contributed by atoms with van der Waals surface area (Å²) in [6.45, 7) is 2.97. The second-order valence-electron chi connectivity index (χ2n) is 7.36. The first-order valence-electron chi connectivity index (χ1n) is 8.60. The highest BCUT2D eigenvalue weighted by molar-refractivity contribution is 5.45. The second kappa shape index (κ2) is 6.93. The van der Waals surface area contributed by atoms with E-state index in [-0.39, 0.29) is 11.5 Å². The molecule has 2 aromatic carbocycles. The first kappa shape index (κ1) is 20.4. The molecule has 8 heteroatoms. The van der Waals surface area contributed by atoms with Gasteiger partial charge >= 0.3 is 6.36 Å². The minimum atomic E-state index is -4.80. The molecule has 2 aromatic rings. The largest absolute Gasteiger partial charge is 0.573 e. The zero-order valence-electron chi connectivity index (χ0n) is 15.7. The molecule has 1 atom stereocenters. The summed E-state index contributed by atoms with van der Waals surface area (Å²) in [5, 5.41) is 11.8. The van der Waals surface area contributed by atoms with E-state index in [4.69, 9.17) is 4.74 Å². The van der Waals surface area contributed by atoms with Gasteiger partial charge in [-0.25, -0.2) is 4.39 Å². The van der Waals surface area contributed by atoms with Crippen LogP contribution < -0.4 is 9.47 Å². The Kier molecular flexibility index (Phi) is 5.05. The van der Waals surface area contributed by atoms with E-state index in [9.17, 15) is 22.7 Å². The zero-order valence-corrected chi connectivity index (χ0v) is 15.7. The van der Waals surface area contributed by atoms with Gasteiger partial charge in [0, 0.05) is 18.5 Å². The first-order chi connectivity index (χ1) is 13.0. The Morgan fingerprint density at radius 1 is 1.04 bits per heavy atom. The third-order valence-corrected chi connectivity index (χ3v) is 5.19. The standard InChI is InChI=1S/C20H21F4NO3/c1-18(11-25(2)12-18)19(26,14-6-9-16(21)17(10-14)27-3)13-4-7-15(8-5-13)28-20(22,23)24/h4-10,26H,11-12H2,1-3H3. The van der Waals surface area contributed by atoms with Gasteiger partial charge < -0.3 is 19.5 Å². The zero-order chi connectivity index (χ0) is 20.7. The van der Waals surface area contributed by atoms with Gasteiger partial charge in [0.25, 0.3) is 0 Å². The van der Waals surface area contributed by atoms with Crippen molar-refractivity contribution < 1.29 is 32.1 Å². The molecular weight excluding hydrogens is 378 g/mol. The Balaban J connectivity index is 2.08. The maximum absolute atomic E-state index is 13.9. The predicted octanol–water partition coefficient (Wildman–Crippen LogP) is 3.92. The number of hydrogen-bond acceptors (Lipinski definition) is 4. The van der Waals surface area contributed by atoms with Gasteiger partial charge in [-0.15, -0.1) is 13.2 Å². The van der Waals surface area contributed by atoms with Crippen molar-refractivity contribution in [3.8, 4) is 11.5 Å². The number of likely N-dealkylation sites (tertiary alicyclic amines) is 1. The number of aliphatic hydroxyl groups is 1. The van der Waals surface area contributed by atoms with Crippen molar-refractivity contribution in [3.63, 3.8) is 0 Å². The van der Waals surface area contributed by atoms with Crippen LogP contribution in [0.4, 0.5) is 17.6 Å². The normalized spacial score (nSPS) is 18.9. The smallest absolute Gasteiger partial charge is 0.494 e. The summed E-state index contributed by atoms with van der Waals surface area (Å²) in [5.41, 5.74) is -1.44. The van der Waals surface area contributed by atoms with Gasteiger partial charge in [-0.1, -0.05) is 25.1 Å². The van der Waals surface area contributed by atoms with Crippen molar-refractivity contribution in [2.24, 2.45) is 5.41 Å². The van der Waals surface area contributed by atoms with E-state index < -0.39 is 23.2 Å². The van der Waals surface area contributed by atoms with Crippen LogP contribution in [-0.2, 0) is 5.60 Å². The van der Waals surface area contributed by atoms with E-state index in [1.54, 1.807) is 0 Å². The van der Waals surface area contributed by atoms with Gasteiger partial charge in [0.05, 0.1) is 7.11 Å². The molecule has 1 fully saturated rings. The Labute approximate surface area is 160 Å². The van der Waals surface area contributed by atoms with Crippen LogP contribution in [0.1, 0.15) is 18.1 Å². The molecule has 3 rings (SSSR count). The number of ether oxygens (including phenoxy) is 2. The Bertz CT molecular complexity index is 848. The monoisotopic (exact) mass is 399 g/mol. The van der Waals surface area contributed by atoms with Gasteiger partial charge in [0.2, 0.25) is 0 Å². The molecule has 1 unspecified atom stereocenters. The first-order valence-corrected chi connectivity index (χ1v) is 8.60. The summed E-state index contributed by atoms with van der Waals surface area (Å²) in [7, 11) is 3.22. The molecule has 0 saturated carbocycles. The van der Waals surface area contributed by atoms with Gasteiger partial charge in [-0.3, -0.25) is 0 Å². The van der Waals surface area contributed by atoms with Gasteiger partial charge in [-0.05, 0) is 42.4 Å². The third-order valence-electron chi connectivity index (χ3n) is 5.19. The van der Waals surface area contributed by atoms with Crippen molar-refractivity contribution in [1.82, 2.24) is 4.90 Å². The highest BCUT2D eigenvalue weighted by Gasteiger charge is 2.55. The average Bonchev–Trinajstić information content (AvgIpc) is 2.59. The van der Waals surface area contributed by atoms with E-state index in [0.717, 1.165) is 12.1 Å². The van der Waals surface area contributed by atoms with E-state index in [1.165, 1.54) is 37.4 Å². The number of halogens is 4. The van der Waals surface area contributed by atoms with Crippen molar-refractivity contribution in [1.29, 1.82) is 0 Å². The quantitative estimate of drug-likeness (QED) is 0.774. The van der Waals surface area contributed by atoms with Crippen LogP contribution in [0, 0.1) is 11.2 Å². The number of alkyl halides is 3. The lowest BCUT2D eigenvalue weighted by atomic mass is 9.62. The van der Waals surface area contributed by atoms with Crippen molar-refractivity contribution in [3.05, 3.63) is 59.4 Å². The lowest BCUT2D eigenvalue weighted by Crippen LogP contribution is -2.63. The topological polar surface area (TPSA) is 41.9 Å². The van der Waals surface area contributed by atoms with Crippen LogP contribution in [0.3, 0.4) is 0 Å². The Morgan fingerprint density at radius 2 is 1.61 bits per heavy atom. The van der Waals surface area contributed by atoms with E-state index in [1.807, 2.05) is 18.9 Å². The Hall–Kier alpha value is -2.32. The molecule has 0 aliphatic carbocycles. The maximum Gasteiger partial charge on any atom is 0.573 e. The summed E-state index contributed by atoms with van der Waals surface area (Å²) in [6, 6.07) is 9.16. The van der Waals surface area contributed by atoms with E-state index >= 15 is 0 Å². The van der Waals surface area contributed by atoms with Crippen LogP contribution in [0.25, 0.3) is 0 Å². The number of nitrogens with zero attached hydrogens (tertiary/aromatic N) is 1. The predicted molar refractivity (Wildman–Crippen MR) is 94.7 cm³/mol. The average molecular weight is 399 g/mol. The molecule has 1 aliphatic heterocycles. The molecule has 0 aromatic heterocycles. The fraction of sp³-hybridized carbons (Fsp3) is 0.400. The maximum atomic E-state index is 13.9. The molecule has 28 heavy (non-hydrogen) atoms. The fourth-order valence-corrected chi connectivity index (χ4v) is 4.02. The SMILES string of the molecule is COc1cc(C(O)(c2ccc(OC(F)(F)F)cc2)C2(C)CN(C)C2)ccc1F. The van der Waals surface area contributed by atoms with Crippen LogP contribution in [0.15, 0.2) is 42.5 Å². The number of benzene rings is 2. The second-order valence-corrected chi connectivity index (χ2v) is 7.36. The van der Waals surface area contributed by atoms with Crippen LogP contribution in [0.5, 0.6) is 11.5 Å². The molecule has 1 saturated heterocycles. The molecule has 0 spiro atoms. The van der Waals surface area contributed by atoms with Crippen molar-refractivity contribution >= 4 is 0 Å². The summed E-state index contributed by atoms with van der Waals surface area (Å²) < 4.78 is 60.1. The highest BCUT2D eigenvalue weighted by atomic mass is 19.4. The van der Waals surface area contributed by atoms with Crippen LogP contribution in [0.2, 0.25) is 0 Å². The highest BCUT2D eigenvalue weighted by Crippen LogP contribution is 2.51. The van der Waals surface area contributed by atoms with E-state index in [0.29, 0.717) is 24.2 Å². The molecule has 0 radical (unpaired) electrons.